The first kappa shape index (κ1) is 17.0. The van der Waals surface area contributed by atoms with Gasteiger partial charge in [0.15, 0.2) is 11.5 Å². The van der Waals surface area contributed by atoms with E-state index in [1.165, 1.54) is 0 Å². The summed E-state index contributed by atoms with van der Waals surface area (Å²) in [6.07, 6.45) is 1.61. The van der Waals surface area contributed by atoms with E-state index < -0.39 is 0 Å². The van der Waals surface area contributed by atoms with Crippen molar-refractivity contribution < 1.29 is 14.6 Å². The van der Waals surface area contributed by atoms with Crippen molar-refractivity contribution in [3.05, 3.63) is 52.5 Å². The molecular formula is C17H19ClN2O3. The van der Waals surface area contributed by atoms with Crippen LogP contribution in [0.5, 0.6) is 17.2 Å². The number of hydrogen-bond donors (Lipinski definition) is 2. The predicted octanol–water partition coefficient (Wildman–Crippen LogP) is 3.58. The molecule has 0 fully saturated rings. The van der Waals surface area contributed by atoms with Crippen LogP contribution < -0.4 is 14.9 Å². The fourth-order valence-electron chi connectivity index (χ4n) is 2.03. The van der Waals surface area contributed by atoms with E-state index in [-0.39, 0.29) is 10.8 Å². The molecule has 5 nitrogen and oxygen atoms in total. The van der Waals surface area contributed by atoms with Crippen LogP contribution in [0.15, 0.2) is 41.5 Å². The molecule has 0 heterocycles. The SMILES string of the molecule is CCOc1cc(/C=N\NCc2ccccc2OC)cc(Cl)c1O. The molecule has 0 unspecified atom stereocenters. The number of nitrogens with zero attached hydrogens (tertiary/aromatic N) is 1. The van der Waals surface area contributed by atoms with Gasteiger partial charge >= 0.3 is 0 Å². The Balaban J connectivity index is 2.03. The number of para-hydroxylation sites is 1. The lowest BCUT2D eigenvalue weighted by atomic mass is 10.2. The average Bonchev–Trinajstić information content (AvgIpc) is 2.56. The molecular weight excluding hydrogens is 316 g/mol. The van der Waals surface area contributed by atoms with Crippen LogP contribution in [0.1, 0.15) is 18.1 Å². The van der Waals surface area contributed by atoms with Gasteiger partial charge in [-0.15, -0.1) is 0 Å². The molecule has 0 aliphatic carbocycles. The second kappa shape index (κ2) is 8.29. The summed E-state index contributed by atoms with van der Waals surface area (Å²) in [6, 6.07) is 11.0. The minimum atomic E-state index is -0.0624. The molecule has 6 heteroatoms. The number of aromatic hydroxyl groups is 1. The molecule has 23 heavy (non-hydrogen) atoms. The molecule has 0 radical (unpaired) electrons. The van der Waals surface area contributed by atoms with Crippen LogP contribution in [0.4, 0.5) is 0 Å². The third-order valence-electron chi connectivity index (χ3n) is 3.12. The number of benzene rings is 2. The van der Waals surface area contributed by atoms with E-state index >= 15 is 0 Å². The number of halogens is 1. The first-order chi connectivity index (χ1) is 11.2. The van der Waals surface area contributed by atoms with Gasteiger partial charge in [-0.2, -0.15) is 5.10 Å². The minimum Gasteiger partial charge on any atom is -0.503 e. The van der Waals surface area contributed by atoms with Crippen molar-refractivity contribution in [1.29, 1.82) is 0 Å². The number of nitrogens with one attached hydrogen (secondary N) is 1. The monoisotopic (exact) mass is 334 g/mol. The zero-order chi connectivity index (χ0) is 16.7. The third-order valence-corrected chi connectivity index (χ3v) is 3.41. The van der Waals surface area contributed by atoms with Gasteiger partial charge in [0.05, 0.1) is 31.5 Å². The molecule has 0 atom stereocenters. The number of hydrogen-bond acceptors (Lipinski definition) is 5. The first-order valence-electron chi connectivity index (χ1n) is 7.18. The van der Waals surface area contributed by atoms with Crippen molar-refractivity contribution in [3.8, 4) is 17.2 Å². The fourth-order valence-corrected chi connectivity index (χ4v) is 2.25. The molecule has 2 rings (SSSR count). The average molecular weight is 335 g/mol. The standard InChI is InChI=1S/C17H19ClN2O3/c1-3-23-16-9-12(8-14(18)17(16)21)10-19-20-11-13-6-4-5-7-15(13)22-2/h4-10,20-21H,3,11H2,1-2H3/b19-10-. The Bertz CT molecular complexity index is 690. The zero-order valence-electron chi connectivity index (χ0n) is 13.0. The second-order valence-electron chi connectivity index (χ2n) is 4.69. The largest absolute Gasteiger partial charge is 0.503 e. The molecule has 2 aromatic rings. The Kier molecular flexibility index (Phi) is 6.11. The van der Waals surface area contributed by atoms with Gasteiger partial charge in [0.25, 0.3) is 0 Å². The molecule has 122 valence electrons. The van der Waals surface area contributed by atoms with Crippen molar-refractivity contribution in [2.75, 3.05) is 13.7 Å². The van der Waals surface area contributed by atoms with E-state index in [1.807, 2.05) is 31.2 Å². The maximum atomic E-state index is 9.80. The lowest BCUT2D eigenvalue weighted by Gasteiger charge is -2.09. The van der Waals surface area contributed by atoms with E-state index in [1.54, 1.807) is 25.5 Å². The number of phenols is 1. The van der Waals surface area contributed by atoms with Gasteiger partial charge in [-0.25, -0.2) is 0 Å². The summed E-state index contributed by atoms with van der Waals surface area (Å²) in [4.78, 5) is 0. The molecule has 0 saturated heterocycles. The van der Waals surface area contributed by atoms with Crippen molar-refractivity contribution in [2.45, 2.75) is 13.5 Å². The molecule has 0 amide bonds. The highest BCUT2D eigenvalue weighted by molar-refractivity contribution is 6.32. The zero-order valence-corrected chi connectivity index (χ0v) is 13.8. The third kappa shape index (κ3) is 4.53. The van der Waals surface area contributed by atoms with E-state index in [9.17, 15) is 5.11 Å². The Morgan fingerprint density at radius 3 is 2.78 bits per heavy atom. The number of hydrazone groups is 1. The number of phenolic OH excluding ortho intramolecular Hbond substituents is 1. The van der Waals surface area contributed by atoms with Gasteiger partial charge in [0.1, 0.15) is 5.75 Å². The van der Waals surface area contributed by atoms with E-state index in [0.717, 1.165) is 16.9 Å². The number of methoxy groups -OCH3 is 1. The number of rotatable bonds is 7. The molecule has 0 aromatic heterocycles. The van der Waals surface area contributed by atoms with E-state index in [2.05, 4.69) is 10.5 Å². The van der Waals surface area contributed by atoms with E-state index in [0.29, 0.717) is 18.9 Å². The molecule has 0 aliphatic heterocycles. The van der Waals surface area contributed by atoms with Gasteiger partial charge in [-0.05, 0) is 30.7 Å². The van der Waals surface area contributed by atoms with Crippen molar-refractivity contribution in [1.82, 2.24) is 5.43 Å². The minimum absolute atomic E-state index is 0.0624. The maximum absolute atomic E-state index is 9.80. The van der Waals surface area contributed by atoms with Gasteiger partial charge in [0.2, 0.25) is 0 Å². The normalized spacial score (nSPS) is 10.7. The smallest absolute Gasteiger partial charge is 0.176 e. The van der Waals surface area contributed by atoms with Crippen LogP contribution in [-0.4, -0.2) is 25.0 Å². The van der Waals surface area contributed by atoms with Crippen LogP contribution in [-0.2, 0) is 6.54 Å². The summed E-state index contributed by atoms with van der Waals surface area (Å²) in [5.74, 6) is 1.08. The lowest BCUT2D eigenvalue weighted by molar-refractivity contribution is 0.318. The Hall–Kier alpha value is -2.40. The highest BCUT2D eigenvalue weighted by Crippen LogP contribution is 2.34. The number of ether oxygens (including phenoxy) is 2. The van der Waals surface area contributed by atoms with Crippen LogP contribution in [0.2, 0.25) is 5.02 Å². The molecule has 0 bridgehead atoms. The van der Waals surface area contributed by atoms with Crippen molar-refractivity contribution in [3.63, 3.8) is 0 Å². The van der Waals surface area contributed by atoms with Crippen LogP contribution in [0.25, 0.3) is 0 Å². The molecule has 2 N–H and O–H groups in total. The summed E-state index contributed by atoms with van der Waals surface area (Å²) in [7, 11) is 1.63. The summed E-state index contributed by atoms with van der Waals surface area (Å²) in [6.45, 7) is 2.81. The lowest BCUT2D eigenvalue weighted by Crippen LogP contribution is -2.07. The summed E-state index contributed by atoms with van der Waals surface area (Å²) >= 11 is 5.97. The van der Waals surface area contributed by atoms with Gasteiger partial charge < -0.3 is 20.0 Å². The van der Waals surface area contributed by atoms with Gasteiger partial charge in [0, 0.05) is 5.56 Å². The molecule has 0 aliphatic rings. The van der Waals surface area contributed by atoms with E-state index in [4.69, 9.17) is 21.1 Å². The highest BCUT2D eigenvalue weighted by atomic mass is 35.5. The quantitative estimate of drug-likeness (QED) is 0.600. The Morgan fingerprint density at radius 1 is 1.26 bits per heavy atom. The molecule has 0 spiro atoms. The fraction of sp³-hybridized carbons (Fsp3) is 0.235. The van der Waals surface area contributed by atoms with Crippen molar-refractivity contribution >= 4 is 17.8 Å². The molecule has 2 aromatic carbocycles. The van der Waals surface area contributed by atoms with Gasteiger partial charge in [-0.3, -0.25) is 0 Å². The summed E-state index contributed by atoms with van der Waals surface area (Å²) in [5.41, 5.74) is 4.68. The first-order valence-corrected chi connectivity index (χ1v) is 7.56. The topological polar surface area (TPSA) is 63.1 Å². The van der Waals surface area contributed by atoms with Crippen LogP contribution in [0, 0.1) is 0 Å². The summed E-state index contributed by atoms with van der Waals surface area (Å²) < 4.78 is 10.6. The van der Waals surface area contributed by atoms with Gasteiger partial charge in [-0.1, -0.05) is 29.8 Å². The van der Waals surface area contributed by atoms with Crippen LogP contribution >= 0.6 is 11.6 Å². The Labute approximate surface area is 140 Å². The predicted molar refractivity (Wildman–Crippen MR) is 91.7 cm³/mol. The highest BCUT2D eigenvalue weighted by Gasteiger charge is 2.08. The van der Waals surface area contributed by atoms with Crippen molar-refractivity contribution in [2.24, 2.45) is 5.10 Å². The maximum Gasteiger partial charge on any atom is 0.176 e. The summed E-state index contributed by atoms with van der Waals surface area (Å²) in [5, 5.41) is 14.2. The van der Waals surface area contributed by atoms with Crippen LogP contribution in [0.3, 0.4) is 0 Å². The molecule has 0 saturated carbocycles. The Morgan fingerprint density at radius 2 is 2.04 bits per heavy atom. The second-order valence-corrected chi connectivity index (χ2v) is 5.09.